The minimum Gasteiger partial charge on any atom is 0 e. The van der Waals surface area contributed by atoms with Gasteiger partial charge in [0, 0.05) is 19.5 Å². The molecule has 0 aliphatic carbocycles. The van der Waals surface area contributed by atoms with Crippen LogP contribution in [0.1, 0.15) is 0 Å². The van der Waals surface area contributed by atoms with Gasteiger partial charge in [0.25, 0.3) is 0 Å². The normalized spacial score (nSPS) is 6.67. The molecule has 0 saturated carbocycles. The summed E-state index contributed by atoms with van der Waals surface area (Å²) in [5, 5.41) is 0. The topological polar surface area (TPSA) is 80.9 Å². The van der Waals surface area contributed by atoms with Gasteiger partial charge in [0.05, 0.1) is 0 Å². The first-order valence-corrected chi connectivity index (χ1v) is 2.68. The van der Waals surface area contributed by atoms with Crippen molar-refractivity contribution in [3.63, 3.8) is 0 Å². The molecule has 0 radical (unpaired) electrons. The summed E-state index contributed by atoms with van der Waals surface area (Å²) in [5.41, 5.74) is 0. The molecule has 0 aromatic heterocycles. The van der Waals surface area contributed by atoms with Crippen molar-refractivity contribution in [1.82, 2.24) is 0 Å². The van der Waals surface area contributed by atoms with Crippen molar-refractivity contribution in [2.45, 2.75) is 0 Å². The van der Waals surface area contributed by atoms with Gasteiger partial charge in [0.2, 0.25) is 0 Å². The second-order valence-electron chi connectivity index (χ2n) is 0.600. The Hall–Kier alpha value is 2.58. The van der Waals surface area contributed by atoms with Gasteiger partial charge in [0.15, 0.2) is 17.4 Å². The Kier molecular flexibility index (Phi) is 43.9. The maximum Gasteiger partial charge on any atom is 0.316 e. The van der Waals surface area contributed by atoms with Crippen LogP contribution in [0.25, 0.3) is 0 Å². The Labute approximate surface area is 106 Å². The molecule has 9 heteroatoms. The molecule has 0 unspecified atom stereocenters. The van der Waals surface area contributed by atoms with Gasteiger partial charge < -0.3 is 19.2 Å². The van der Waals surface area contributed by atoms with Crippen molar-refractivity contribution in [2.24, 2.45) is 0 Å². The third kappa shape index (κ3) is 117. The number of hydrogen-bond donors (Lipinski definition) is 4. The summed E-state index contributed by atoms with van der Waals surface area (Å²) in [4.78, 5) is 29.3. The molecule has 4 nitrogen and oxygen atoms in total. The van der Waals surface area contributed by atoms with E-state index >= 15 is 0 Å². The number of hydrogen-bond acceptors (Lipinski definition) is 4. The van der Waals surface area contributed by atoms with Crippen LogP contribution in [-0.2, 0) is 19.5 Å². The quantitative estimate of drug-likeness (QED) is 0.311. The molecule has 46 valence electrons. The molecule has 0 fully saturated rings. The van der Waals surface area contributed by atoms with Crippen LogP contribution >= 0.6 is 0 Å². The third-order valence-corrected chi connectivity index (χ3v) is 0. The average molecular weight is 226 g/mol. The van der Waals surface area contributed by atoms with E-state index in [1.165, 1.54) is 0 Å². The first kappa shape index (κ1) is 29.9. The van der Waals surface area contributed by atoms with Gasteiger partial charge in [-0.25, -0.2) is 0 Å². The molecule has 4 N–H and O–H groups in total. The Bertz CT molecular complexity index is 36.0. The third-order valence-electron chi connectivity index (χ3n) is 0. The molecular formula is H10AlLiMgO4SiZn. The summed E-state index contributed by atoms with van der Waals surface area (Å²) in [7, 11) is -4.61. The smallest absolute Gasteiger partial charge is 0 e. The van der Waals surface area contributed by atoms with Crippen LogP contribution in [0.2, 0.25) is 0 Å². The van der Waals surface area contributed by atoms with Crippen molar-refractivity contribution < 1.29 is 38.7 Å². The fourth-order valence-electron chi connectivity index (χ4n) is 0. The van der Waals surface area contributed by atoms with E-state index in [9.17, 15) is 0 Å². The maximum atomic E-state index is 7.33. The SMILES string of the molecule is O[Si](O)(O)O.[AlH3].[LiH].[MgH2].[Zn]. The molecule has 9 heavy (non-hydrogen) atoms. The molecule has 0 aromatic rings. The van der Waals surface area contributed by atoms with Crippen LogP contribution in [0, 0.1) is 0 Å². The minimum atomic E-state index is -4.61. The zero-order valence-corrected chi connectivity index (χ0v) is 6.96. The van der Waals surface area contributed by atoms with E-state index in [2.05, 4.69) is 0 Å². The Morgan fingerprint density at radius 3 is 0.889 bits per heavy atom. The maximum absolute atomic E-state index is 7.33. The van der Waals surface area contributed by atoms with Gasteiger partial charge in [-0.05, 0) is 0 Å². The summed E-state index contributed by atoms with van der Waals surface area (Å²) in [5.74, 6) is 0. The van der Waals surface area contributed by atoms with Crippen LogP contribution in [0.5, 0.6) is 0 Å². The van der Waals surface area contributed by atoms with Crippen molar-refractivity contribution in [2.75, 3.05) is 0 Å². The van der Waals surface area contributed by atoms with Crippen LogP contribution in [0.4, 0.5) is 0 Å². The largest absolute Gasteiger partial charge is 0.316 e. The zero-order valence-electron chi connectivity index (χ0n) is 3.00. The minimum absolute atomic E-state index is 0. The molecular weight excluding hydrogens is 216 g/mol. The molecule has 0 aromatic carbocycles. The fourth-order valence-corrected chi connectivity index (χ4v) is 0. The Balaban J connectivity index is -0.0000000133. The molecule has 0 aliphatic heterocycles. The van der Waals surface area contributed by atoms with E-state index in [0.29, 0.717) is 0 Å². The average Bonchev–Trinajstić information content (AvgIpc) is 0.722. The van der Waals surface area contributed by atoms with Gasteiger partial charge in [0.1, 0.15) is 0 Å². The van der Waals surface area contributed by atoms with E-state index in [0.717, 1.165) is 0 Å². The van der Waals surface area contributed by atoms with Gasteiger partial charge in [-0.3, -0.25) is 0 Å². The monoisotopic (exact) mass is 224 g/mol. The van der Waals surface area contributed by atoms with E-state index in [1.807, 2.05) is 0 Å². The van der Waals surface area contributed by atoms with Crippen molar-refractivity contribution in [1.29, 1.82) is 0 Å². The van der Waals surface area contributed by atoms with Gasteiger partial charge >= 0.3 is 51.0 Å². The van der Waals surface area contributed by atoms with Crippen molar-refractivity contribution >= 4 is 68.3 Å². The van der Waals surface area contributed by atoms with E-state index < -0.39 is 9.05 Å². The van der Waals surface area contributed by atoms with E-state index in [1.54, 1.807) is 0 Å². The van der Waals surface area contributed by atoms with Crippen molar-refractivity contribution in [3.05, 3.63) is 0 Å². The molecule has 0 heterocycles. The second-order valence-corrected chi connectivity index (χ2v) is 1.80. The van der Waals surface area contributed by atoms with Crippen LogP contribution in [0.15, 0.2) is 0 Å². The zero-order chi connectivity index (χ0) is 4.50. The molecule has 0 amide bonds. The molecule has 0 aliphatic rings. The van der Waals surface area contributed by atoms with Gasteiger partial charge in [-0.1, -0.05) is 0 Å². The van der Waals surface area contributed by atoms with Crippen molar-refractivity contribution in [3.8, 4) is 0 Å². The van der Waals surface area contributed by atoms with Gasteiger partial charge in [-0.2, -0.15) is 0 Å². The summed E-state index contributed by atoms with van der Waals surface area (Å²) in [6.07, 6.45) is 0. The summed E-state index contributed by atoms with van der Waals surface area (Å²) < 4.78 is 0. The predicted octanol–water partition coefficient (Wildman–Crippen LogP) is -5.36. The predicted molar refractivity (Wildman–Crippen MR) is 40.3 cm³/mol. The van der Waals surface area contributed by atoms with Crippen LogP contribution < -0.4 is 0 Å². The molecule has 0 spiro atoms. The fraction of sp³-hybridized carbons (Fsp3) is 0. The van der Waals surface area contributed by atoms with Crippen LogP contribution in [-0.4, -0.2) is 87.5 Å². The second kappa shape index (κ2) is 13.2. The summed E-state index contributed by atoms with van der Waals surface area (Å²) in [6.45, 7) is 0. The molecule has 0 rings (SSSR count). The summed E-state index contributed by atoms with van der Waals surface area (Å²) >= 11 is 0. The number of rotatable bonds is 0. The van der Waals surface area contributed by atoms with E-state index in [-0.39, 0.29) is 78.8 Å². The standard InChI is InChI=1S/Al.Li.Mg.H4O4Si.Zn.6H/c;;;1-5(2,3)4;;;;;;;/h;;;1-4H;;;;;;;. The molecule has 0 saturated heterocycles. The molecule has 0 bridgehead atoms. The Morgan fingerprint density at radius 2 is 0.889 bits per heavy atom. The Morgan fingerprint density at radius 1 is 0.889 bits per heavy atom. The van der Waals surface area contributed by atoms with Gasteiger partial charge in [-0.15, -0.1) is 0 Å². The molecule has 0 atom stereocenters. The van der Waals surface area contributed by atoms with E-state index in [4.69, 9.17) is 19.2 Å². The first-order valence-electron chi connectivity index (χ1n) is 0.894. The first-order chi connectivity index (χ1) is 2.00. The van der Waals surface area contributed by atoms with Crippen LogP contribution in [0.3, 0.4) is 0 Å². The summed E-state index contributed by atoms with van der Waals surface area (Å²) in [6, 6.07) is 0.